The molecule has 1 aromatic heterocycles. The minimum Gasteiger partial charge on any atom is -0.309 e. The third-order valence-electron chi connectivity index (χ3n) is 4.17. The first kappa shape index (κ1) is 15.5. The molecule has 0 fully saturated rings. The number of benzene rings is 2. The number of anilines is 1. The van der Waals surface area contributed by atoms with Crippen molar-refractivity contribution in [3.63, 3.8) is 0 Å². The summed E-state index contributed by atoms with van der Waals surface area (Å²) in [6.45, 7) is 0. The lowest BCUT2D eigenvalue weighted by Crippen LogP contribution is -2.27. The van der Waals surface area contributed by atoms with E-state index in [1.54, 1.807) is 23.7 Å². The van der Waals surface area contributed by atoms with Gasteiger partial charge < -0.3 is 4.90 Å². The van der Waals surface area contributed by atoms with Gasteiger partial charge in [0.05, 0.1) is 11.4 Å². The molecule has 0 spiro atoms. The van der Waals surface area contributed by atoms with Crippen LogP contribution in [0.15, 0.2) is 70.1 Å². The summed E-state index contributed by atoms with van der Waals surface area (Å²) in [5.74, 6) is -0.110. The molecule has 0 radical (unpaired) electrons. The quantitative estimate of drug-likeness (QED) is 0.702. The highest BCUT2D eigenvalue weighted by Gasteiger charge is 2.31. The maximum atomic E-state index is 12.7. The van der Waals surface area contributed by atoms with Gasteiger partial charge in [0.25, 0.3) is 5.91 Å². The van der Waals surface area contributed by atoms with E-state index in [9.17, 15) is 4.79 Å². The monoisotopic (exact) mass is 348 g/mol. The van der Waals surface area contributed by atoms with Crippen molar-refractivity contribution in [2.45, 2.75) is 0 Å². The Balaban J connectivity index is 1.94. The van der Waals surface area contributed by atoms with Gasteiger partial charge >= 0.3 is 0 Å². The second-order valence-corrected chi connectivity index (χ2v) is 6.47. The molecule has 1 aliphatic rings. The Bertz CT molecular complexity index is 1050. The van der Waals surface area contributed by atoms with E-state index in [-0.39, 0.29) is 5.91 Å². The van der Waals surface area contributed by atoms with Gasteiger partial charge in [0.1, 0.15) is 0 Å². The molecule has 5 nitrogen and oxygen atoms in total. The van der Waals surface area contributed by atoms with Crippen LogP contribution in [0.5, 0.6) is 0 Å². The summed E-state index contributed by atoms with van der Waals surface area (Å²) >= 11 is 1.50. The van der Waals surface area contributed by atoms with Gasteiger partial charge in [0, 0.05) is 30.6 Å². The number of carbonyl (C=O) groups excluding carboxylic acids is 1. The molecule has 0 bridgehead atoms. The van der Waals surface area contributed by atoms with Gasteiger partial charge in [-0.25, -0.2) is 4.68 Å². The number of rotatable bonds is 2. The summed E-state index contributed by atoms with van der Waals surface area (Å²) in [6, 6.07) is 17.7. The van der Waals surface area contributed by atoms with E-state index in [4.69, 9.17) is 5.10 Å². The van der Waals surface area contributed by atoms with Crippen molar-refractivity contribution in [1.82, 2.24) is 4.68 Å². The van der Waals surface area contributed by atoms with Gasteiger partial charge in [-0.3, -0.25) is 9.79 Å². The smallest absolute Gasteiger partial charge is 0.279 e. The Morgan fingerprint density at radius 1 is 1.00 bits per heavy atom. The molecule has 0 N–H and O–H groups in total. The molecule has 1 amide bonds. The second kappa shape index (κ2) is 6.14. The summed E-state index contributed by atoms with van der Waals surface area (Å²) in [4.78, 5) is 19.4. The largest absolute Gasteiger partial charge is 0.309 e. The zero-order valence-corrected chi connectivity index (χ0v) is 14.7. The fourth-order valence-electron chi connectivity index (χ4n) is 2.90. The number of hydrogen-bond acceptors (Lipinski definition) is 4. The van der Waals surface area contributed by atoms with Crippen molar-refractivity contribution in [3.05, 3.63) is 70.3 Å². The summed E-state index contributed by atoms with van der Waals surface area (Å²) in [5, 5.41) is 6.71. The average Bonchev–Trinajstić information content (AvgIpc) is 3.17. The third kappa shape index (κ3) is 2.51. The number of carbonyl (C=O) groups is 1. The molecule has 1 aliphatic heterocycles. The van der Waals surface area contributed by atoms with E-state index >= 15 is 0 Å². The van der Waals surface area contributed by atoms with Crippen LogP contribution in [0.1, 0.15) is 5.56 Å². The molecule has 0 saturated heterocycles. The van der Waals surface area contributed by atoms with Crippen LogP contribution < -0.4 is 9.70 Å². The highest BCUT2D eigenvalue weighted by Crippen LogP contribution is 2.28. The molecule has 25 heavy (non-hydrogen) atoms. The van der Waals surface area contributed by atoms with E-state index in [0.717, 1.165) is 27.3 Å². The first-order valence-corrected chi connectivity index (χ1v) is 8.74. The van der Waals surface area contributed by atoms with Crippen molar-refractivity contribution >= 4 is 28.6 Å². The Kier molecular flexibility index (Phi) is 3.82. The van der Waals surface area contributed by atoms with E-state index in [1.807, 2.05) is 60.0 Å². The molecule has 0 saturated carbocycles. The average molecular weight is 348 g/mol. The summed E-state index contributed by atoms with van der Waals surface area (Å²) in [6.07, 6.45) is 0. The van der Waals surface area contributed by atoms with E-state index in [0.29, 0.717) is 5.71 Å². The topological polar surface area (TPSA) is 50.0 Å². The molecule has 0 aliphatic carbocycles. The van der Waals surface area contributed by atoms with Crippen LogP contribution in [0.3, 0.4) is 0 Å². The van der Waals surface area contributed by atoms with Crippen molar-refractivity contribution in [3.8, 4) is 11.3 Å². The first-order valence-electron chi connectivity index (χ1n) is 7.86. The van der Waals surface area contributed by atoms with Crippen molar-refractivity contribution in [2.75, 3.05) is 19.0 Å². The lowest BCUT2D eigenvalue weighted by atomic mass is 10.1. The number of para-hydroxylation sites is 1. The van der Waals surface area contributed by atoms with Crippen LogP contribution in [0.4, 0.5) is 5.69 Å². The zero-order chi connectivity index (χ0) is 17.4. The van der Waals surface area contributed by atoms with Crippen molar-refractivity contribution in [1.29, 1.82) is 0 Å². The number of hydrogen-bond donors (Lipinski definition) is 0. The van der Waals surface area contributed by atoms with Gasteiger partial charge in [-0.2, -0.15) is 5.10 Å². The molecule has 0 atom stereocenters. The molecular weight excluding hydrogens is 332 g/mol. The normalized spacial score (nSPS) is 15.9. The predicted octanol–water partition coefficient (Wildman–Crippen LogP) is 2.98. The minimum atomic E-state index is -0.110. The van der Waals surface area contributed by atoms with Gasteiger partial charge in [-0.05, 0) is 6.07 Å². The fourth-order valence-corrected chi connectivity index (χ4v) is 3.70. The first-order chi connectivity index (χ1) is 12.2. The number of aromatic nitrogens is 1. The zero-order valence-electron chi connectivity index (χ0n) is 13.9. The highest BCUT2D eigenvalue weighted by atomic mass is 32.1. The van der Waals surface area contributed by atoms with Crippen LogP contribution in [-0.2, 0) is 4.79 Å². The number of amides is 1. The summed E-state index contributed by atoms with van der Waals surface area (Å²) in [7, 11) is 3.50. The maximum Gasteiger partial charge on any atom is 0.279 e. The van der Waals surface area contributed by atoms with Crippen LogP contribution in [0.2, 0.25) is 0 Å². The Morgan fingerprint density at radius 2 is 1.72 bits per heavy atom. The number of nitrogens with zero attached hydrogens (tertiary/aromatic N) is 4. The van der Waals surface area contributed by atoms with Gasteiger partial charge in [-0.15, -0.1) is 11.3 Å². The van der Waals surface area contributed by atoms with E-state index in [2.05, 4.69) is 4.99 Å². The van der Waals surface area contributed by atoms with Crippen LogP contribution in [0, 0.1) is 0 Å². The second-order valence-electron chi connectivity index (χ2n) is 5.63. The SMILES string of the molecule is CN=c1scc(-c2ccccc2)n1N=C1C(=O)N(C)c2ccccc21. The lowest BCUT2D eigenvalue weighted by Gasteiger charge is -2.07. The fraction of sp³-hybridized carbons (Fsp3) is 0.105. The molecule has 2 aromatic carbocycles. The molecule has 124 valence electrons. The molecule has 6 heteroatoms. The van der Waals surface area contributed by atoms with Crippen LogP contribution >= 0.6 is 11.3 Å². The van der Waals surface area contributed by atoms with E-state index < -0.39 is 0 Å². The number of likely N-dealkylation sites (N-methyl/N-ethyl adjacent to an activating group) is 1. The number of thiazole rings is 1. The van der Waals surface area contributed by atoms with Gasteiger partial charge in [0.15, 0.2) is 5.71 Å². The molecular formula is C19H16N4OS. The lowest BCUT2D eigenvalue weighted by molar-refractivity contribution is -0.112. The molecule has 3 aromatic rings. The van der Waals surface area contributed by atoms with Gasteiger partial charge in [0.2, 0.25) is 4.80 Å². The number of fused-ring (bicyclic) bond motifs is 1. The molecule has 0 unspecified atom stereocenters. The van der Waals surface area contributed by atoms with Crippen LogP contribution in [-0.4, -0.2) is 30.4 Å². The summed E-state index contributed by atoms with van der Waals surface area (Å²) < 4.78 is 1.75. The predicted molar refractivity (Wildman–Crippen MR) is 101 cm³/mol. The van der Waals surface area contributed by atoms with Crippen molar-refractivity contribution < 1.29 is 4.79 Å². The molecule has 4 rings (SSSR count). The van der Waals surface area contributed by atoms with Crippen LogP contribution in [0.25, 0.3) is 11.3 Å². The van der Waals surface area contributed by atoms with Crippen molar-refractivity contribution in [2.24, 2.45) is 10.1 Å². The Morgan fingerprint density at radius 3 is 2.48 bits per heavy atom. The maximum absolute atomic E-state index is 12.7. The Hall–Kier alpha value is -2.99. The minimum absolute atomic E-state index is 0.110. The Labute approximate surface area is 149 Å². The van der Waals surface area contributed by atoms with E-state index in [1.165, 1.54) is 11.3 Å². The standard InChI is InChI=1S/C19H16N4OS/c1-20-19-23(16(12-25-19)13-8-4-3-5-9-13)21-17-14-10-6-7-11-15(14)22(2)18(17)24/h3-12H,1-2H3. The molecule has 2 heterocycles. The summed E-state index contributed by atoms with van der Waals surface area (Å²) in [5.41, 5.74) is 4.10. The highest BCUT2D eigenvalue weighted by molar-refractivity contribution is 7.07. The third-order valence-corrected chi connectivity index (χ3v) is 5.08. The van der Waals surface area contributed by atoms with Gasteiger partial charge in [-0.1, -0.05) is 48.5 Å².